The Labute approximate surface area is 149 Å². The van der Waals surface area contributed by atoms with Crippen LogP contribution in [0.3, 0.4) is 0 Å². The van der Waals surface area contributed by atoms with Crippen molar-refractivity contribution in [2.45, 2.75) is 12.8 Å². The van der Waals surface area contributed by atoms with E-state index in [-0.39, 0.29) is 29.8 Å². The molecule has 0 saturated carbocycles. The van der Waals surface area contributed by atoms with E-state index in [1.165, 1.54) is 48.6 Å². The number of allylic oxidation sites excluding steroid dienone is 2. The van der Waals surface area contributed by atoms with Gasteiger partial charge in [0, 0.05) is 24.0 Å². The van der Waals surface area contributed by atoms with E-state index in [9.17, 15) is 35.4 Å². The Morgan fingerprint density at radius 2 is 1.04 bits per heavy atom. The lowest BCUT2D eigenvalue weighted by Gasteiger charge is -2.03. The molecule has 0 spiro atoms. The quantitative estimate of drug-likeness (QED) is 0.436. The number of phenolic OH excluding ortho intramolecular Hbond substituents is 6. The maximum absolute atomic E-state index is 11.8. The van der Waals surface area contributed by atoms with Gasteiger partial charge in [-0.15, -0.1) is 0 Å². The van der Waals surface area contributed by atoms with E-state index in [1.807, 2.05) is 0 Å². The van der Waals surface area contributed by atoms with Crippen LogP contribution in [0.15, 0.2) is 36.4 Å². The van der Waals surface area contributed by atoms with Crippen molar-refractivity contribution in [3.8, 4) is 34.5 Å². The molecule has 0 aliphatic rings. The summed E-state index contributed by atoms with van der Waals surface area (Å²) in [6.45, 7) is 0. The molecule has 0 saturated heterocycles. The maximum atomic E-state index is 11.8. The van der Waals surface area contributed by atoms with E-state index < -0.39 is 34.5 Å². The Hall–Kier alpha value is -3.61. The Morgan fingerprint density at radius 3 is 1.42 bits per heavy atom. The molecular formula is C19H18O7. The van der Waals surface area contributed by atoms with Crippen LogP contribution in [0, 0.1) is 0 Å². The fourth-order valence-electron chi connectivity index (χ4n) is 2.16. The molecule has 6 N–H and O–H groups in total. The predicted octanol–water partition coefficient (Wildman–Crippen LogP) is 3.00. The van der Waals surface area contributed by atoms with E-state index in [4.69, 9.17) is 0 Å². The first-order valence-electron chi connectivity index (χ1n) is 7.63. The van der Waals surface area contributed by atoms with Crippen LogP contribution in [0.5, 0.6) is 34.5 Å². The van der Waals surface area contributed by atoms with Crippen molar-refractivity contribution in [1.82, 2.24) is 0 Å². The van der Waals surface area contributed by atoms with Crippen LogP contribution in [0.1, 0.15) is 24.0 Å². The SMILES string of the molecule is O=C(CC=Cc1ccc(O)c(O)c1O)CC=Cc1ccc(O)c(O)c1O. The smallest absolute Gasteiger partial charge is 0.200 e. The van der Waals surface area contributed by atoms with Crippen LogP contribution >= 0.6 is 0 Å². The zero-order valence-electron chi connectivity index (χ0n) is 13.6. The monoisotopic (exact) mass is 358 g/mol. The molecular weight excluding hydrogens is 340 g/mol. The number of rotatable bonds is 6. The molecule has 0 aliphatic carbocycles. The van der Waals surface area contributed by atoms with Gasteiger partial charge in [0.05, 0.1) is 0 Å². The van der Waals surface area contributed by atoms with E-state index in [2.05, 4.69) is 0 Å². The van der Waals surface area contributed by atoms with Crippen LogP contribution in [-0.4, -0.2) is 36.4 Å². The lowest BCUT2D eigenvalue weighted by atomic mass is 10.1. The van der Waals surface area contributed by atoms with Gasteiger partial charge in [-0.2, -0.15) is 0 Å². The predicted molar refractivity (Wildman–Crippen MR) is 95.2 cm³/mol. The van der Waals surface area contributed by atoms with Crippen LogP contribution in [0.25, 0.3) is 12.2 Å². The fraction of sp³-hybridized carbons (Fsp3) is 0.105. The van der Waals surface area contributed by atoms with Crippen molar-refractivity contribution < 1.29 is 35.4 Å². The molecule has 0 heterocycles. The van der Waals surface area contributed by atoms with Crippen molar-refractivity contribution >= 4 is 17.9 Å². The highest BCUT2D eigenvalue weighted by atomic mass is 16.3. The molecule has 26 heavy (non-hydrogen) atoms. The third-order valence-corrected chi connectivity index (χ3v) is 3.61. The van der Waals surface area contributed by atoms with Crippen LogP contribution in [-0.2, 0) is 4.79 Å². The van der Waals surface area contributed by atoms with Gasteiger partial charge in [-0.05, 0) is 24.3 Å². The van der Waals surface area contributed by atoms with Crippen molar-refractivity contribution in [3.63, 3.8) is 0 Å². The zero-order chi connectivity index (χ0) is 19.3. The van der Waals surface area contributed by atoms with Crippen LogP contribution < -0.4 is 0 Å². The van der Waals surface area contributed by atoms with Gasteiger partial charge in [-0.3, -0.25) is 4.79 Å². The number of benzene rings is 2. The second-order valence-electron chi connectivity index (χ2n) is 5.49. The highest BCUT2D eigenvalue weighted by Crippen LogP contribution is 2.38. The Balaban J connectivity index is 1.94. The molecule has 2 rings (SSSR count). The third-order valence-electron chi connectivity index (χ3n) is 3.61. The lowest BCUT2D eigenvalue weighted by molar-refractivity contribution is -0.117. The minimum absolute atomic E-state index is 0.0677. The molecule has 0 aromatic heterocycles. The zero-order valence-corrected chi connectivity index (χ0v) is 13.6. The van der Waals surface area contributed by atoms with Gasteiger partial charge in [0.15, 0.2) is 23.0 Å². The van der Waals surface area contributed by atoms with E-state index in [1.54, 1.807) is 0 Å². The summed E-state index contributed by atoms with van der Waals surface area (Å²) in [5.74, 6) is -3.24. The van der Waals surface area contributed by atoms with E-state index in [0.29, 0.717) is 0 Å². The number of aromatic hydroxyl groups is 6. The van der Waals surface area contributed by atoms with Gasteiger partial charge in [-0.1, -0.05) is 24.3 Å². The molecule has 7 heteroatoms. The minimum Gasteiger partial charge on any atom is -0.504 e. The van der Waals surface area contributed by atoms with Gasteiger partial charge in [0.2, 0.25) is 11.5 Å². The first kappa shape index (κ1) is 18.7. The minimum atomic E-state index is -0.627. The number of carbonyl (C=O) groups excluding carboxylic acids is 1. The topological polar surface area (TPSA) is 138 Å². The number of carbonyl (C=O) groups is 1. The molecule has 7 nitrogen and oxygen atoms in total. The molecule has 0 amide bonds. The van der Waals surface area contributed by atoms with Crippen molar-refractivity contribution in [1.29, 1.82) is 0 Å². The summed E-state index contributed by atoms with van der Waals surface area (Å²) >= 11 is 0. The fourth-order valence-corrected chi connectivity index (χ4v) is 2.16. The summed E-state index contributed by atoms with van der Waals surface area (Å²) in [6, 6.07) is 5.23. The Morgan fingerprint density at radius 1 is 0.654 bits per heavy atom. The van der Waals surface area contributed by atoms with Gasteiger partial charge < -0.3 is 30.6 Å². The number of ketones is 1. The molecule has 0 bridgehead atoms. The summed E-state index contributed by atoms with van der Waals surface area (Å²) in [6.07, 6.45) is 6.04. The largest absolute Gasteiger partial charge is 0.504 e. The molecule has 0 unspecified atom stereocenters. The van der Waals surface area contributed by atoms with Gasteiger partial charge in [0.25, 0.3) is 0 Å². The first-order valence-corrected chi connectivity index (χ1v) is 7.63. The molecule has 2 aromatic rings. The van der Waals surface area contributed by atoms with Crippen LogP contribution in [0.2, 0.25) is 0 Å². The molecule has 0 aliphatic heterocycles. The van der Waals surface area contributed by atoms with Gasteiger partial charge in [0.1, 0.15) is 5.78 Å². The Bertz CT molecular complexity index is 810. The molecule has 136 valence electrons. The average Bonchev–Trinajstić information content (AvgIpc) is 2.61. The molecule has 0 atom stereocenters. The van der Waals surface area contributed by atoms with E-state index in [0.717, 1.165) is 0 Å². The van der Waals surface area contributed by atoms with E-state index >= 15 is 0 Å². The average molecular weight is 358 g/mol. The Kier molecular flexibility index (Phi) is 5.74. The summed E-state index contributed by atoms with van der Waals surface area (Å²) in [5.41, 5.74) is 0.515. The van der Waals surface area contributed by atoms with Gasteiger partial charge in [-0.25, -0.2) is 0 Å². The van der Waals surface area contributed by atoms with Gasteiger partial charge >= 0.3 is 0 Å². The van der Waals surface area contributed by atoms with Crippen LogP contribution in [0.4, 0.5) is 0 Å². The molecule has 2 aromatic carbocycles. The number of hydrogen-bond donors (Lipinski definition) is 6. The summed E-state index contributed by atoms with van der Waals surface area (Å²) < 4.78 is 0. The number of phenols is 6. The number of hydrogen-bond acceptors (Lipinski definition) is 7. The van der Waals surface area contributed by atoms with Crippen molar-refractivity contribution in [3.05, 3.63) is 47.5 Å². The highest BCUT2D eigenvalue weighted by molar-refractivity contribution is 5.83. The lowest BCUT2D eigenvalue weighted by Crippen LogP contribution is -1.92. The standard InChI is InChI=1S/C19H18O7/c20-13(5-1-3-11-7-9-14(21)18(25)16(11)23)6-2-4-12-8-10-15(22)19(26)17(12)24/h1-4,7-10,21-26H,5-6H2. The normalized spacial score (nSPS) is 11.4. The maximum Gasteiger partial charge on any atom is 0.200 e. The summed E-state index contributed by atoms with van der Waals surface area (Å²) in [5, 5.41) is 56.6. The van der Waals surface area contributed by atoms with Crippen molar-refractivity contribution in [2.75, 3.05) is 0 Å². The first-order chi connectivity index (χ1) is 12.3. The third kappa shape index (κ3) is 4.27. The van der Waals surface area contributed by atoms with Crippen molar-refractivity contribution in [2.24, 2.45) is 0 Å². The molecule has 0 radical (unpaired) electrons. The highest BCUT2D eigenvalue weighted by Gasteiger charge is 2.09. The number of Topliss-reactive ketones (excluding diaryl/α,β-unsaturated/α-hetero) is 1. The second-order valence-corrected chi connectivity index (χ2v) is 5.49. The summed E-state index contributed by atoms with van der Waals surface area (Å²) in [4.78, 5) is 11.8. The molecule has 0 fully saturated rings. The second kappa shape index (κ2) is 7.98. The summed E-state index contributed by atoms with van der Waals surface area (Å²) in [7, 11) is 0.